The molecule has 1 amide bonds. The summed E-state index contributed by atoms with van der Waals surface area (Å²) in [4.78, 5) is 11.9. The van der Waals surface area contributed by atoms with E-state index < -0.39 is 5.54 Å². The Morgan fingerprint density at radius 2 is 2.00 bits per heavy atom. The summed E-state index contributed by atoms with van der Waals surface area (Å²) in [6.07, 6.45) is 1.24. The zero-order valence-electron chi connectivity index (χ0n) is 11.2. The summed E-state index contributed by atoms with van der Waals surface area (Å²) < 4.78 is 12.8. The number of rotatable bonds is 5. The van der Waals surface area contributed by atoms with Gasteiger partial charge in [-0.15, -0.1) is 0 Å². The molecule has 3 N–H and O–H groups in total. The summed E-state index contributed by atoms with van der Waals surface area (Å²) in [6.45, 7) is 5.50. The molecule has 0 aliphatic carbocycles. The summed E-state index contributed by atoms with van der Waals surface area (Å²) in [5, 5.41) is 2.88. The lowest BCUT2D eigenvalue weighted by atomic mass is 9.98. The van der Waals surface area contributed by atoms with Gasteiger partial charge in [-0.2, -0.15) is 0 Å². The van der Waals surface area contributed by atoms with Crippen LogP contribution in [0.15, 0.2) is 24.3 Å². The van der Waals surface area contributed by atoms with Crippen molar-refractivity contribution in [3.8, 4) is 0 Å². The highest BCUT2D eigenvalue weighted by molar-refractivity contribution is 5.85. The molecule has 18 heavy (non-hydrogen) atoms. The molecule has 0 aliphatic rings. The number of halogens is 1. The topological polar surface area (TPSA) is 55.1 Å². The van der Waals surface area contributed by atoms with Crippen LogP contribution in [0, 0.1) is 5.82 Å². The Labute approximate surface area is 108 Å². The van der Waals surface area contributed by atoms with Crippen molar-refractivity contribution < 1.29 is 9.18 Å². The average molecular weight is 252 g/mol. The van der Waals surface area contributed by atoms with E-state index in [-0.39, 0.29) is 17.8 Å². The second kappa shape index (κ2) is 5.96. The minimum Gasteiger partial charge on any atom is -0.352 e. The summed E-state index contributed by atoms with van der Waals surface area (Å²) in [5.74, 6) is -0.407. The maximum atomic E-state index is 12.8. The summed E-state index contributed by atoms with van der Waals surface area (Å²) in [7, 11) is 0. The second-order valence-electron chi connectivity index (χ2n) is 4.98. The molecule has 0 spiro atoms. The number of carbonyl (C=O) groups is 1. The molecule has 0 heterocycles. The van der Waals surface area contributed by atoms with Gasteiger partial charge in [0.2, 0.25) is 5.91 Å². The quantitative estimate of drug-likeness (QED) is 0.842. The van der Waals surface area contributed by atoms with E-state index in [1.807, 2.05) is 13.8 Å². The predicted octanol–water partition coefficient (Wildman–Crippen LogP) is 2.00. The highest BCUT2D eigenvalue weighted by atomic mass is 19.1. The van der Waals surface area contributed by atoms with Crippen molar-refractivity contribution in [2.45, 2.75) is 45.2 Å². The number of nitrogens with one attached hydrogen (secondary N) is 1. The number of carbonyl (C=O) groups excluding carboxylic acids is 1. The number of hydrogen-bond acceptors (Lipinski definition) is 2. The zero-order chi connectivity index (χ0) is 13.8. The molecule has 100 valence electrons. The van der Waals surface area contributed by atoms with Gasteiger partial charge < -0.3 is 11.1 Å². The highest BCUT2D eigenvalue weighted by Gasteiger charge is 2.26. The Kier molecular flexibility index (Phi) is 4.84. The van der Waals surface area contributed by atoms with Crippen LogP contribution in [0.3, 0.4) is 0 Å². The smallest absolute Gasteiger partial charge is 0.240 e. The lowest BCUT2D eigenvalue weighted by Gasteiger charge is -2.24. The van der Waals surface area contributed by atoms with Gasteiger partial charge in [0.15, 0.2) is 0 Å². The molecule has 2 atom stereocenters. The van der Waals surface area contributed by atoms with Gasteiger partial charge in [0.1, 0.15) is 5.82 Å². The largest absolute Gasteiger partial charge is 0.352 e. The molecule has 3 nitrogen and oxygen atoms in total. The number of nitrogens with two attached hydrogens (primary N) is 1. The SMILES string of the molecule is CCC(C)(N)C(=O)NC(C)Cc1ccc(F)cc1. The van der Waals surface area contributed by atoms with E-state index in [0.717, 1.165) is 5.56 Å². The van der Waals surface area contributed by atoms with Crippen LogP contribution >= 0.6 is 0 Å². The van der Waals surface area contributed by atoms with Crippen LogP contribution in [-0.2, 0) is 11.2 Å². The fraction of sp³-hybridized carbons (Fsp3) is 0.500. The van der Waals surface area contributed by atoms with Gasteiger partial charge in [-0.3, -0.25) is 4.79 Å². The second-order valence-corrected chi connectivity index (χ2v) is 4.98. The monoisotopic (exact) mass is 252 g/mol. The summed E-state index contributed by atoms with van der Waals surface area (Å²) in [6, 6.07) is 6.25. The number of benzene rings is 1. The normalized spacial score (nSPS) is 15.8. The van der Waals surface area contributed by atoms with Crippen LogP contribution < -0.4 is 11.1 Å². The van der Waals surface area contributed by atoms with Gasteiger partial charge in [-0.25, -0.2) is 4.39 Å². The Balaban J connectivity index is 2.54. The van der Waals surface area contributed by atoms with Crippen molar-refractivity contribution in [3.63, 3.8) is 0 Å². The fourth-order valence-electron chi connectivity index (χ4n) is 1.57. The fourth-order valence-corrected chi connectivity index (χ4v) is 1.57. The molecular formula is C14H21FN2O. The van der Waals surface area contributed by atoms with Crippen LogP contribution in [0.25, 0.3) is 0 Å². The zero-order valence-corrected chi connectivity index (χ0v) is 11.2. The summed E-state index contributed by atoms with van der Waals surface area (Å²) in [5.41, 5.74) is 6.01. The van der Waals surface area contributed by atoms with Gasteiger partial charge in [0.25, 0.3) is 0 Å². The van der Waals surface area contributed by atoms with E-state index >= 15 is 0 Å². The van der Waals surface area contributed by atoms with Gasteiger partial charge in [0.05, 0.1) is 5.54 Å². The van der Waals surface area contributed by atoms with Gasteiger partial charge in [0, 0.05) is 6.04 Å². The van der Waals surface area contributed by atoms with E-state index in [4.69, 9.17) is 5.73 Å². The molecule has 2 unspecified atom stereocenters. The maximum absolute atomic E-state index is 12.8. The molecule has 0 aromatic heterocycles. The van der Waals surface area contributed by atoms with Crippen molar-refractivity contribution in [2.75, 3.05) is 0 Å². The van der Waals surface area contributed by atoms with E-state index in [9.17, 15) is 9.18 Å². The first-order valence-corrected chi connectivity index (χ1v) is 6.19. The van der Waals surface area contributed by atoms with E-state index in [0.29, 0.717) is 12.8 Å². The standard InChI is InChI=1S/C14H21FN2O/c1-4-14(3,16)13(18)17-10(2)9-11-5-7-12(15)8-6-11/h5-8,10H,4,9,16H2,1-3H3,(H,17,18). The van der Waals surface area contributed by atoms with Gasteiger partial charge >= 0.3 is 0 Å². The first kappa shape index (κ1) is 14.6. The van der Waals surface area contributed by atoms with Crippen LogP contribution in [-0.4, -0.2) is 17.5 Å². The summed E-state index contributed by atoms with van der Waals surface area (Å²) >= 11 is 0. The van der Waals surface area contributed by atoms with Crippen molar-refractivity contribution in [2.24, 2.45) is 5.73 Å². The third-order valence-corrected chi connectivity index (χ3v) is 3.09. The van der Waals surface area contributed by atoms with Crippen molar-refractivity contribution >= 4 is 5.91 Å². The third kappa shape index (κ3) is 4.11. The minimum absolute atomic E-state index is 0.0302. The van der Waals surface area contributed by atoms with Crippen molar-refractivity contribution in [3.05, 3.63) is 35.6 Å². The maximum Gasteiger partial charge on any atom is 0.240 e. The average Bonchev–Trinajstić information content (AvgIpc) is 2.32. The molecule has 0 bridgehead atoms. The van der Waals surface area contributed by atoms with Crippen LogP contribution in [0.2, 0.25) is 0 Å². The molecule has 0 radical (unpaired) electrons. The van der Waals surface area contributed by atoms with Gasteiger partial charge in [-0.05, 0) is 44.4 Å². The van der Waals surface area contributed by atoms with Crippen molar-refractivity contribution in [1.29, 1.82) is 0 Å². The molecule has 1 aromatic rings. The first-order valence-electron chi connectivity index (χ1n) is 6.19. The molecule has 1 aromatic carbocycles. The van der Waals surface area contributed by atoms with E-state index in [1.54, 1.807) is 19.1 Å². The van der Waals surface area contributed by atoms with Crippen molar-refractivity contribution in [1.82, 2.24) is 5.32 Å². The Bertz CT molecular complexity index is 401. The minimum atomic E-state index is -0.836. The van der Waals surface area contributed by atoms with E-state index in [1.165, 1.54) is 12.1 Å². The molecular weight excluding hydrogens is 231 g/mol. The Hall–Kier alpha value is -1.42. The van der Waals surface area contributed by atoms with E-state index in [2.05, 4.69) is 5.32 Å². The first-order chi connectivity index (χ1) is 8.35. The predicted molar refractivity (Wildman–Crippen MR) is 70.6 cm³/mol. The third-order valence-electron chi connectivity index (χ3n) is 3.09. The lowest BCUT2D eigenvalue weighted by Crippen LogP contribution is -2.53. The molecule has 1 rings (SSSR count). The highest BCUT2D eigenvalue weighted by Crippen LogP contribution is 2.08. The molecule has 0 saturated carbocycles. The molecule has 0 fully saturated rings. The molecule has 4 heteroatoms. The molecule has 0 saturated heterocycles. The molecule has 0 aliphatic heterocycles. The number of amides is 1. The van der Waals surface area contributed by atoms with Crippen LogP contribution in [0.5, 0.6) is 0 Å². The van der Waals surface area contributed by atoms with Crippen LogP contribution in [0.1, 0.15) is 32.8 Å². The number of hydrogen-bond donors (Lipinski definition) is 2. The Morgan fingerprint density at radius 1 is 1.44 bits per heavy atom. The lowest BCUT2D eigenvalue weighted by molar-refractivity contribution is -0.126. The van der Waals surface area contributed by atoms with Crippen LogP contribution in [0.4, 0.5) is 4.39 Å². The van der Waals surface area contributed by atoms with Gasteiger partial charge in [-0.1, -0.05) is 19.1 Å². The Morgan fingerprint density at radius 3 is 2.50 bits per heavy atom.